The number of Topliss-reactive ketones (excluding diaryl/α,β-unsaturated/α-hetero) is 1. The smallest absolute Gasteiger partial charge is 0.230 e. The molecule has 1 aliphatic rings. The highest BCUT2D eigenvalue weighted by Gasteiger charge is 2.39. The SMILES string of the molecule is CCC(CC)(CN)C(=O)N1CCC(C(=O)c2c(F)cc(F)cc2F)CC1. The molecule has 1 aromatic rings. The molecule has 1 aromatic carbocycles. The Morgan fingerprint density at radius 2 is 1.62 bits per heavy atom. The van der Waals surface area contributed by atoms with Crippen LogP contribution in [0.4, 0.5) is 13.2 Å². The Morgan fingerprint density at radius 3 is 2.04 bits per heavy atom. The van der Waals surface area contributed by atoms with Gasteiger partial charge >= 0.3 is 0 Å². The number of amides is 1. The van der Waals surface area contributed by atoms with Gasteiger partial charge in [0.2, 0.25) is 5.91 Å². The zero-order valence-corrected chi connectivity index (χ0v) is 15.2. The van der Waals surface area contributed by atoms with Crippen molar-refractivity contribution in [3.63, 3.8) is 0 Å². The fraction of sp³-hybridized carbons (Fsp3) is 0.579. The van der Waals surface area contributed by atoms with E-state index in [9.17, 15) is 22.8 Å². The van der Waals surface area contributed by atoms with E-state index in [1.54, 1.807) is 4.90 Å². The summed E-state index contributed by atoms with van der Waals surface area (Å²) in [4.78, 5) is 27.0. The van der Waals surface area contributed by atoms with Crippen molar-refractivity contribution < 1.29 is 22.8 Å². The van der Waals surface area contributed by atoms with E-state index in [-0.39, 0.29) is 12.5 Å². The number of benzene rings is 1. The first kappa shape index (κ1) is 20.4. The lowest BCUT2D eigenvalue weighted by Crippen LogP contribution is -2.50. The predicted molar refractivity (Wildman–Crippen MR) is 92.0 cm³/mol. The van der Waals surface area contributed by atoms with Crippen molar-refractivity contribution in [2.24, 2.45) is 17.1 Å². The maximum absolute atomic E-state index is 13.8. The Morgan fingerprint density at radius 1 is 1.12 bits per heavy atom. The zero-order valence-electron chi connectivity index (χ0n) is 15.2. The topological polar surface area (TPSA) is 63.4 Å². The number of likely N-dealkylation sites (tertiary alicyclic amines) is 1. The average Bonchev–Trinajstić information content (AvgIpc) is 2.62. The van der Waals surface area contributed by atoms with Crippen LogP contribution in [0.5, 0.6) is 0 Å². The van der Waals surface area contributed by atoms with Gasteiger partial charge in [0.15, 0.2) is 5.78 Å². The van der Waals surface area contributed by atoms with Gasteiger partial charge in [-0.25, -0.2) is 13.2 Å². The number of hydrogen-bond acceptors (Lipinski definition) is 3. The van der Waals surface area contributed by atoms with Gasteiger partial charge in [-0.2, -0.15) is 0 Å². The van der Waals surface area contributed by atoms with Crippen LogP contribution in [-0.2, 0) is 4.79 Å². The van der Waals surface area contributed by atoms with E-state index in [1.807, 2.05) is 13.8 Å². The first-order valence-corrected chi connectivity index (χ1v) is 8.97. The number of nitrogens with two attached hydrogens (primary N) is 1. The largest absolute Gasteiger partial charge is 0.342 e. The molecule has 1 aliphatic heterocycles. The molecule has 1 amide bonds. The van der Waals surface area contributed by atoms with Crippen molar-refractivity contribution >= 4 is 11.7 Å². The molecule has 0 radical (unpaired) electrons. The number of carbonyl (C=O) groups excluding carboxylic acids is 2. The van der Waals surface area contributed by atoms with E-state index < -0.39 is 40.1 Å². The van der Waals surface area contributed by atoms with Gasteiger partial charge in [-0.15, -0.1) is 0 Å². The minimum atomic E-state index is -1.19. The monoisotopic (exact) mass is 370 g/mol. The van der Waals surface area contributed by atoms with E-state index in [0.717, 1.165) is 0 Å². The fourth-order valence-electron chi connectivity index (χ4n) is 3.59. The van der Waals surface area contributed by atoms with Crippen LogP contribution in [0.15, 0.2) is 12.1 Å². The molecule has 2 rings (SSSR count). The zero-order chi connectivity index (χ0) is 19.5. The first-order valence-electron chi connectivity index (χ1n) is 8.97. The number of ketones is 1. The summed E-state index contributed by atoms with van der Waals surface area (Å²) in [5, 5.41) is 0. The molecule has 4 nitrogen and oxygen atoms in total. The lowest BCUT2D eigenvalue weighted by molar-refractivity contribution is -0.143. The van der Waals surface area contributed by atoms with Gasteiger partial charge in [0, 0.05) is 37.7 Å². The fourth-order valence-corrected chi connectivity index (χ4v) is 3.59. The minimum Gasteiger partial charge on any atom is -0.342 e. The van der Waals surface area contributed by atoms with Crippen molar-refractivity contribution in [2.45, 2.75) is 39.5 Å². The summed E-state index contributed by atoms with van der Waals surface area (Å²) in [5.74, 6) is -4.74. The maximum Gasteiger partial charge on any atom is 0.230 e. The minimum absolute atomic E-state index is 0.0324. The van der Waals surface area contributed by atoms with Crippen LogP contribution in [0.3, 0.4) is 0 Å². The van der Waals surface area contributed by atoms with Gasteiger partial charge in [-0.05, 0) is 25.7 Å². The Kier molecular flexibility index (Phi) is 6.44. The van der Waals surface area contributed by atoms with Crippen molar-refractivity contribution in [3.8, 4) is 0 Å². The quantitative estimate of drug-likeness (QED) is 0.782. The molecule has 144 valence electrons. The van der Waals surface area contributed by atoms with Crippen molar-refractivity contribution in [1.29, 1.82) is 0 Å². The number of rotatable bonds is 6. The summed E-state index contributed by atoms with van der Waals surface area (Å²) >= 11 is 0. The Bertz CT molecular complexity index is 650. The van der Waals surface area contributed by atoms with E-state index in [0.29, 0.717) is 50.9 Å². The highest BCUT2D eigenvalue weighted by molar-refractivity contribution is 5.98. The predicted octanol–water partition coefficient (Wildman–Crippen LogP) is 3.29. The number of hydrogen-bond donors (Lipinski definition) is 1. The van der Waals surface area contributed by atoms with Gasteiger partial charge in [0.05, 0.1) is 11.0 Å². The summed E-state index contributed by atoms with van der Waals surface area (Å²) in [7, 11) is 0. The highest BCUT2D eigenvalue weighted by Crippen LogP contribution is 2.31. The van der Waals surface area contributed by atoms with Gasteiger partial charge in [-0.3, -0.25) is 9.59 Å². The highest BCUT2D eigenvalue weighted by atomic mass is 19.1. The van der Waals surface area contributed by atoms with E-state index >= 15 is 0 Å². The molecule has 1 saturated heterocycles. The number of nitrogens with zero attached hydrogens (tertiary/aromatic N) is 1. The molecule has 26 heavy (non-hydrogen) atoms. The first-order chi connectivity index (χ1) is 12.3. The van der Waals surface area contributed by atoms with E-state index in [1.165, 1.54) is 0 Å². The van der Waals surface area contributed by atoms with Crippen molar-refractivity contribution in [1.82, 2.24) is 4.90 Å². The van der Waals surface area contributed by atoms with Crippen molar-refractivity contribution in [2.75, 3.05) is 19.6 Å². The van der Waals surface area contributed by atoms with Crippen molar-refractivity contribution in [3.05, 3.63) is 35.1 Å². The molecule has 0 bridgehead atoms. The van der Waals surface area contributed by atoms with Crippen LogP contribution in [0, 0.1) is 28.8 Å². The molecule has 0 aliphatic carbocycles. The lowest BCUT2D eigenvalue weighted by atomic mass is 9.79. The van der Waals surface area contributed by atoms with Crippen LogP contribution in [0.2, 0.25) is 0 Å². The van der Waals surface area contributed by atoms with E-state index in [2.05, 4.69) is 0 Å². The molecule has 0 unspecified atom stereocenters. The second kappa shape index (κ2) is 8.20. The van der Waals surface area contributed by atoms with Gasteiger partial charge < -0.3 is 10.6 Å². The molecule has 0 spiro atoms. The molecule has 1 heterocycles. The molecule has 0 atom stereocenters. The van der Waals surface area contributed by atoms with Crippen LogP contribution in [-0.4, -0.2) is 36.2 Å². The van der Waals surface area contributed by atoms with Crippen LogP contribution >= 0.6 is 0 Å². The van der Waals surface area contributed by atoms with Crippen LogP contribution in [0.25, 0.3) is 0 Å². The summed E-state index contributed by atoms with van der Waals surface area (Å²) in [6.07, 6.45) is 1.89. The summed E-state index contributed by atoms with van der Waals surface area (Å²) in [6, 6.07) is 1.01. The van der Waals surface area contributed by atoms with Gasteiger partial charge in [0.25, 0.3) is 0 Å². The maximum atomic E-state index is 13.8. The second-order valence-electron chi connectivity index (χ2n) is 6.87. The standard InChI is InChI=1S/C19H25F3N2O2/c1-3-19(4-2,11-23)18(26)24-7-5-12(6-8-24)17(25)16-14(21)9-13(20)10-15(16)22/h9-10,12H,3-8,11,23H2,1-2H3. The van der Waals surface area contributed by atoms with Gasteiger partial charge in [-0.1, -0.05) is 13.8 Å². The van der Waals surface area contributed by atoms with Crippen LogP contribution in [0.1, 0.15) is 49.9 Å². The summed E-state index contributed by atoms with van der Waals surface area (Å²) in [5.41, 5.74) is 4.51. The average molecular weight is 370 g/mol. The second-order valence-corrected chi connectivity index (χ2v) is 6.87. The third-order valence-electron chi connectivity index (χ3n) is 5.60. The molecule has 0 saturated carbocycles. The third-order valence-corrected chi connectivity index (χ3v) is 5.60. The number of piperidine rings is 1. The normalized spacial score (nSPS) is 16.0. The molecular formula is C19H25F3N2O2. The summed E-state index contributed by atoms with van der Waals surface area (Å²) < 4.78 is 40.7. The Labute approximate surface area is 151 Å². The summed E-state index contributed by atoms with van der Waals surface area (Å²) in [6.45, 7) is 4.77. The molecule has 0 aromatic heterocycles. The lowest BCUT2D eigenvalue weighted by Gasteiger charge is -2.38. The number of carbonyl (C=O) groups is 2. The Balaban J connectivity index is 2.09. The molecule has 2 N–H and O–H groups in total. The molecule has 1 fully saturated rings. The van der Waals surface area contributed by atoms with Gasteiger partial charge in [0.1, 0.15) is 17.5 Å². The molecule has 7 heteroatoms. The third kappa shape index (κ3) is 3.77. The van der Waals surface area contributed by atoms with E-state index in [4.69, 9.17) is 5.73 Å². The van der Waals surface area contributed by atoms with Crippen LogP contribution < -0.4 is 5.73 Å². The molecular weight excluding hydrogens is 345 g/mol. The number of halogens is 3. The Hall–Kier alpha value is -1.89.